The van der Waals surface area contributed by atoms with Crippen LogP contribution in [0.5, 0.6) is 0 Å². The van der Waals surface area contributed by atoms with Crippen molar-refractivity contribution in [1.82, 2.24) is 4.31 Å². The summed E-state index contributed by atoms with van der Waals surface area (Å²) in [6.45, 7) is 3.38. The fraction of sp³-hybridized carbons (Fsp3) is 0.409. The van der Waals surface area contributed by atoms with Gasteiger partial charge in [-0.2, -0.15) is 4.31 Å². The number of carbonyl (C=O) groups is 1. The number of ether oxygens (including phenoxy) is 1. The van der Waals surface area contributed by atoms with Gasteiger partial charge in [0.15, 0.2) is 0 Å². The maximum absolute atomic E-state index is 13.2. The summed E-state index contributed by atoms with van der Waals surface area (Å²) in [5.74, 6) is 0.170. The van der Waals surface area contributed by atoms with Gasteiger partial charge in [-0.1, -0.05) is 24.3 Å². The first kappa shape index (κ1) is 20.1. The molecule has 2 aromatic carbocycles. The molecule has 1 saturated heterocycles. The largest absolute Gasteiger partial charge is 0.381 e. The van der Waals surface area contributed by atoms with Gasteiger partial charge in [0.05, 0.1) is 11.5 Å². The number of nitrogens with zero attached hydrogens (tertiary/aromatic N) is 1. The first-order valence-electron chi connectivity index (χ1n) is 10.0. The summed E-state index contributed by atoms with van der Waals surface area (Å²) in [6.07, 6.45) is 2.79. The zero-order chi connectivity index (χ0) is 20.4. The van der Waals surface area contributed by atoms with Gasteiger partial charge in [-0.25, -0.2) is 8.42 Å². The van der Waals surface area contributed by atoms with Crippen molar-refractivity contribution in [2.24, 2.45) is 5.92 Å². The Kier molecular flexibility index (Phi) is 5.72. The molecule has 0 aromatic heterocycles. The van der Waals surface area contributed by atoms with E-state index in [0.717, 1.165) is 42.7 Å². The molecule has 1 aliphatic carbocycles. The summed E-state index contributed by atoms with van der Waals surface area (Å²) in [6, 6.07) is 14.7. The van der Waals surface area contributed by atoms with Gasteiger partial charge in [-0.15, -0.1) is 0 Å². The van der Waals surface area contributed by atoms with Gasteiger partial charge in [-0.05, 0) is 60.6 Å². The highest BCUT2D eigenvalue weighted by Gasteiger charge is 2.39. The van der Waals surface area contributed by atoms with Gasteiger partial charge < -0.3 is 10.1 Å². The number of carbonyl (C=O) groups excluding carboxylic acids is 1. The standard InChI is InChI=1S/C22H26N2O4S/c1-16(25)23-20-6-2-18(3-7-20)19-4-10-22(11-5-19)29(26,27)24(21-8-9-21)14-17-12-13-28-15-17/h2-7,10-11,17,21H,8-9,12-15H2,1H3,(H,23,25)/t17-/m0/s1. The number of hydrogen-bond acceptors (Lipinski definition) is 4. The Morgan fingerprint density at radius 1 is 1.03 bits per heavy atom. The van der Waals surface area contributed by atoms with Crippen LogP contribution in [0.2, 0.25) is 0 Å². The average molecular weight is 415 g/mol. The molecule has 2 fully saturated rings. The smallest absolute Gasteiger partial charge is 0.243 e. The lowest BCUT2D eigenvalue weighted by molar-refractivity contribution is -0.114. The summed E-state index contributed by atoms with van der Waals surface area (Å²) in [7, 11) is -3.51. The van der Waals surface area contributed by atoms with E-state index in [2.05, 4.69) is 5.32 Å². The van der Waals surface area contributed by atoms with E-state index >= 15 is 0 Å². The third-order valence-electron chi connectivity index (χ3n) is 5.42. The first-order chi connectivity index (χ1) is 13.9. The van der Waals surface area contributed by atoms with Crippen LogP contribution < -0.4 is 5.32 Å². The average Bonchev–Trinajstić information content (AvgIpc) is 3.41. The fourth-order valence-corrected chi connectivity index (χ4v) is 5.45. The van der Waals surface area contributed by atoms with Crippen LogP contribution in [0.15, 0.2) is 53.4 Å². The third kappa shape index (κ3) is 4.69. The molecule has 6 nitrogen and oxygen atoms in total. The summed E-state index contributed by atoms with van der Waals surface area (Å²) in [4.78, 5) is 11.5. The van der Waals surface area contributed by atoms with Crippen LogP contribution in [0.1, 0.15) is 26.2 Å². The molecule has 1 aliphatic heterocycles. The van der Waals surface area contributed by atoms with Crippen LogP contribution in [-0.2, 0) is 19.6 Å². The molecular weight excluding hydrogens is 388 g/mol. The van der Waals surface area contributed by atoms with Crippen LogP contribution in [0.3, 0.4) is 0 Å². The minimum Gasteiger partial charge on any atom is -0.381 e. The van der Waals surface area contributed by atoms with Crippen LogP contribution in [0.25, 0.3) is 11.1 Å². The van der Waals surface area contributed by atoms with Crippen LogP contribution in [-0.4, -0.2) is 44.4 Å². The topological polar surface area (TPSA) is 75.7 Å². The van der Waals surface area contributed by atoms with Gasteiger partial charge in [0.2, 0.25) is 15.9 Å². The molecule has 2 aliphatic rings. The van der Waals surface area contributed by atoms with Gasteiger partial charge in [-0.3, -0.25) is 4.79 Å². The lowest BCUT2D eigenvalue weighted by atomic mass is 10.1. The van der Waals surface area contributed by atoms with Crippen LogP contribution in [0, 0.1) is 5.92 Å². The second-order valence-corrected chi connectivity index (χ2v) is 9.71. The Bertz CT molecular complexity index is 961. The van der Waals surface area contributed by atoms with E-state index in [4.69, 9.17) is 4.74 Å². The predicted molar refractivity (Wildman–Crippen MR) is 112 cm³/mol. The lowest BCUT2D eigenvalue weighted by Crippen LogP contribution is -2.37. The molecule has 29 heavy (non-hydrogen) atoms. The molecule has 7 heteroatoms. The van der Waals surface area contributed by atoms with Gasteiger partial charge in [0, 0.05) is 31.8 Å². The summed E-state index contributed by atoms with van der Waals surface area (Å²) in [5.41, 5.74) is 2.63. The lowest BCUT2D eigenvalue weighted by Gasteiger charge is -2.24. The van der Waals surface area contributed by atoms with Crippen molar-refractivity contribution in [1.29, 1.82) is 0 Å². The van der Waals surface area contributed by atoms with E-state index in [1.54, 1.807) is 16.4 Å². The van der Waals surface area contributed by atoms with Crippen molar-refractivity contribution in [3.63, 3.8) is 0 Å². The Morgan fingerprint density at radius 3 is 2.17 bits per heavy atom. The van der Waals surface area contributed by atoms with Crippen molar-refractivity contribution >= 4 is 21.6 Å². The molecule has 0 bridgehead atoms. The maximum Gasteiger partial charge on any atom is 0.243 e. The quantitative estimate of drug-likeness (QED) is 0.752. The van der Waals surface area contributed by atoms with Crippen LogP contribution in [0.4, 0.5) is 5.69 Å². The molecular formula is C22H26N2O4S. The molecule has 1 saturated carbocycles. The SMILES string of the molecule is CC(=O)Nc1ccc(-c2ccc(S(=O)(=O)N(C[C@@H]3CCOC3)C3CC3)cc2)cc1. The van der Waals surface area contributed by atoms with Crippen LogP contribution >= 0.6 is 0 Å². The first-order valence-corrected chi connectivity index (χ1v) is 11.4. The molecule has 1 atom stereocenters. The van der Waals surface area contributed by atoms with Crippen molar-refractivity contribution in [2.45, 2.75) is 37.1 Å². The second-order valence-electron chi connectivity index (χ2n) is 7.82. The molecule has 0 spiro atoms. The Labute approximate surface area is 171 Å². The molecule has 154 valence electrons. The van der Waals surface area contributed by atoms with E-state index in [9.17, 15) is 13.2 Å². The number of rotatable bonds is 7. The fourth-order valence-electron chi connectivity index (χ4n) is 3.69. The van der Waals surface area contributed by atoms with Gasteiger partial charge in [0.1, 0.15) is 0 Å². The van der Waals surface area contributed by atoms with Crippen molar-refractivity contribution in [3.05, 3.63) is 48.5 Å². The third-order valence-corrected chi connectivity index (χ3v) is 7.35. The van der Waals surface area contributed by atoms with Crippen molar-refractivity contribution in [2.75, 3.05) is 25.1 Å². The maximum atomic E-state index is 13.2. The van der Waals surface area contributed by atoms with E-state index < -0.39 is 10.0 Å². The second kappa shape index (κ2) is 8.26. The van der Waals surface area contributed by atoms with Crippen molar-refractivity contribution < 1.29 is 17.9 Å². The summed E-state index contributed by atoms with van der Waals surface area (Å²) >= 11 is 0. The molecule has 1 N–H and O–H groups in total. The molecule has 1 heterocycles. The van der Waals surface area contributed by atoms with Gasteiger partial charge in [0.25, 0.3) is 0 Å². The highest BCUT2D eigenvalue weighted by molar-refractivity contribution is 7.89. The molecule has 2 aromatic rings. The predicted octanol–water partition coefficient (Wildman–Crippen LogP) is 3.50. The highest BCUT2D eigenvalue weighted by atomic mass is 32.2. The Hall–Kier alpha value is -2.22. The van der Waals surface area contributed by atoms with Gasteiger partial charge >= 0.3 is 0 Å². The zero-order valence-electron chi connectivity index (χ0n) is 16.5. The number of amides is 1. The molecule has 1 amide bonds. The zero-order valence-corrected chi connectivity index (χ0v) is 17.3. The number of anilines is 1. The van der Waals surface area contributed by atoms with Crippen molar-refractivity contribution in [3.8, 4) is 11.1 Å². The Morgan fingerprint density at radius 2 is 1.66 bits per heavy atom. The Balaban J connectivity index is 1.52. The molecule has 4 rings (SSSR count). The van der Waals surface area contributed by atoms with E-state index in [1.807, 2.05) is 36.4 Å². The number of sulfonamides is 1. The minimum atomic E-state index is -3.51. The van der Waals surface area contributed by atoms with E-state index in [0.29, 0.717) is 18.0 Å². The monoisotopic (exact) mass is 414 g/mol. The number of benzene rings is 2. The normalized spacial score (nSPS) is 19.4. The highest BCUT2D eigenvalue weighted by Crippen LogP contribution is 2.34. The summed E-state index contributed by atoms with van der Waals surface area (Å²) < 4.78 is 33.6. The molecule has 0 radical (unpaired) electrons. The van der Waals surface area contributed by atoms with E-state index in [1.165, 1.54) is 6.92 Å². The number of hydrogen-bond donors (Lipinski definition) is 1. The molecule has 0 unspecified atom stereocenters. The van der Waals surface area contributed by atoms with E-state index in [-0.39, 0.29) is 17.9 Å². The summed E-state index contributed by atoms with van der Waals surface area (Å²) in [5, 5.41) is 2.74. The minimum absolute atomic E-state index is 0.114. The number of nitrogens with one attached hydrogen (secondary N) is 1.